The number of halogens is 2. The van der Waals surface area contributed by atoms with Crippen molar-refractivity contribution in [3.05, 3.63) is 51.2 Å². The summed E-state index contributed by atoms with van der Waals surface area (Å²) in [5.41, 5.74) is 2.51. The lowest BCUT2D eigenvalue weighted by Gasteiger charge is -2.36. The van der Waals surface area contributed by atoms with Crippen LogP contribution in [0, 0.1) is 12.7 Å². The van der Waals surface area contributed by atoms with Gasteiger partial charge in [-0.15, -0.1) is 11.8 Å². The van der Waals surface area contributed by atoms with Gasteiger partial charge in [0.15, 0.2) is 0 Å². The average molecular weight is 575 g/mol. The van der Waals surface area contributed by atoms with Crippen LogP contribution in [0.4, 0.5) is 15.0 Å². The molecule has 0 unspecified atom stereocenters. The van der Waals surface area contributed by atoms with Crippen molar-refractivity contribution in [2.24, 2.45) is 0 Å². The average Bonchev–Trinajstić information content (AvgIpc) is 3.08. The quantitative estimate of drug-likeness (QED) is 0.418. The lowest BCUT2D eigenvalue weighted by Crippen LogP contribution is -2.50. The number of benzene rings is 2. The number of thioether (sulfide) groups is 1. The largest absolute Gasteiger partial charge is 0.444 e. The van der Waals surface area contributed by atoms with Gasteiger partial charge in [-0.05, 0) is 57.0 Å². The molecule has 5 rings (SSSR count). The van der Waals surface area contributed by atoms with E-state index in [1.54, 1.807) is 40.5 Å². The molecule has 1 fully saturated rings. The Kier molecular flexibility index (Phi) is 7.56. The van der Waals surface area contributed by atoms with Crippen molar-refractivity contribution in [2.45, 2.75) is 50.8 Å². The molecular formula is C28H32ClFN4O4S. The maximum absolute atomic E-state index is 14.0. The van der Waals surface area contributed by atoms with Gasteiger partial charge in [0.25, 0.3) is 0 Å². The van der Waals surface area contributed by atoms with E-state index in [4.69, 9.17) is 21.1 Å². The van der Waals surface area contributed by atoms with Crippen LogP contribution in [0.5, 0.6) is 0 Å². The Morgan fingerprint density at radius 2 is 1.90 bits per heavy atom. The summed E-state index contributed by atoms with van der Waals surface area (Å²) >= 11 is 7.78. The molecule has 8 nitrogen and oxygen atoms in total. The normalized spacial score (nSPS) is 17.9. The maximum atomic E-state index is 14.0. The molecule has 1 saturated heterocycles. The van der Waals surface area contributed by atoms with E-state index in [-0.39, 0.29) is 22.9 Å². The van der Waals surface area contributed by atoms with Crippen molar-refractivity contribution in [3.63, 3.8) is 0 Å². The number of amides is 1. The van der Waals surface area contributed by atoms with Crippen LogP contribution in [0.2, 0.25) is 5.02 Å². The highest BCUT2D eigenvalue weighted by atomic mass is 35.5. The lowest BCUT2D eigenvalue weighted by atomic mass is 9.97. The number of hydrogen-bond donors (Lipinski definition) is 0. The fraction of sp³-hybridized carbons (Fsp3) is 0.464. The fourth-order valence-corrected chi connectivity index (χ4v) is 6.64. The minimum Gasteiger partial charge on any atom is -0.444 e. The second-order valence-corrected chi connectivity index (χ2v) is 12.3. The van der Waals surface area contributed by atoms with Gasteiger partial charge < -0.3 is 19.3 Å². The van der Waals surface area contributed by atoms with Gasteiger partial charge in [0.05, 0.1) is 23.2 Å². The summed E-state index contributed by atoms with van der Waals surface area (Å²) in [5, 5.41) is 0.900. The van der Waals surface area contributed by atoms with Crippen LogP contribution in [0.15, 0.2) is 34.0 Å². The van der Waals surface area contributed by atoms with Crippen LogP contribution >= 0.6 is 23.4 Å². The predicted octanol–water partition coefficient (Wildman–Crippen LogP) is 5.34. The summed E-state index contributed by atoms with van der Waals surface area (Å²) in [4.78, 5) is 35.3. The number of rotatable bonds is 3. The number of nitrogens with zero attached hydrogens (tertiary/aromatic N) is 4. The van der Waals surface area contributed by atoms with Crippen molar-refractivity contribution in [1.82, 2.24) is 14.5 Å². The number of anilines is 1. The molecule has 0 bridgehead atoms. The molecule has 2 aromatic carbocycles. The van der Waals surface area contributed by atoms with E-state index in [1.807, 2.05) is 33.8 Å². The lowest BCUT2D eigenvalue weighted by molar-refractivity contribution is 0.0240. The van der Waals surface area contributed by atoms with Crippen molar-refractivity contribution < 1.29 is 18.7 Å². The molecule has 0 saturated carbocycles. The van der Waals surface area contributed by atoms with Crippen LogP contribution in [0.25, 0.3) is 22.0 Å². The molecule has 3 heterocycles. The predicted molar refractivity (Wildman–Crippen MR) is 153 cm³/mol. The number of piperazine rings is 1. The minimum absolute atomic E-state index is 0.0447. The molecule has 1 atom stereocenters. The summed E-state index contributed by atoms with van der Waals surface area (Å²) in [7, 11) is 1.64. The molecule has 0 spiro atoms. The molecular weight excluding hydrogens is 543 g/mol. The van der Waals surface area contributed by atoms with Gasteiger partial charge in [0, 0.05) is 54.9 Å². The number of ether oxygens (including phenoxy) is 2. The Bertz CT molecular complexity index is 1500. The van der Waals surface area contributed by atoms with Gasteiger partial charge in [-0.25, -0.2) is 14.0 Å². The summed E-state index contributed by atoms with van der Waals surface area (Å²) in [6.07, 6.45) is -0.526. The standard InChI is InChI=1S/C28H32ClFN4O4S/c1-16-12-19-23-24(22(16)17-6-7-21(30)20(29)13-17)39-15-18(37-5)14-34(23)26(35)31-25(19)32-8-10-33(11-9-32)27(36)38-28(2,3)4/h6-7,12-13,18H,8-11,14-15H2,1-5H3/t18-/m1/s1. The molecule has 2 aliphatic heterocycles. The van der Waals surface area contributed by atoms with E-state index in [2.05, 4.69) is 9.88 Å². The first-order chi connectivity index (χ1) is 18.5. The molecule has 0 aliphatic carbocycles. The second kappa shape index (κ2) is 10.6. The van der Waals surface area contributed by atoms with Crippen molar-refractivity contribution in [2.75, 3.05) is 43.9 Å². The Morgan fingerprint density at radius 3 is 2.54 bits per heavy atom. The number of methoxy groups -OCH3 is 1. The van der Waals surface area contributed by atoms with Crippen LogP contribution in [-0.4, -0.2) is 71.3 Å². The zero-order chi connectivity index (χ0) is 28.1. The number of carbonyl (C=O) groups excluding carboxylic acids is 1. The molecule has 208 valence electrons. The number of aromatic nitrogens is 2. The van der Waals surface area contributed by atoms with Gasteiger partial charge in [0.1, 0.15) is 17.2 Å². The second-order valence-electron chi connectivity index (χ2n) is 10.9. The summed E-state index contributed by atoms with van der Waals surface area (Å²) in [5.74, 6) is 0.757. The topological polar surface area (TPSA) is 76.9 Å². The van der Waals surface area contributed by atoms with E-state index < -0.39 is 11.4 Å². The Labute approximate surface area is 236 Å². The highest BCUT2D eigenvalue weighted by molar-refractivity contribution is 7.99. The van der Waals surface area contributed by atoms with Gasteiger partial charge in [-0.3, -0.25) is 4.57 Å². The molecule has 0 N–H and O–H groups in total. The molecule has 3 aromatic rings. The van der Waals surface area contributed by atoms with Crippen molar-refractivity contribution in [3.8, 4) is 11.1 Å². The molecule has 2 aliphatic rings. The van der Waals surface area contributed by atoms with Crippen LogP contribution in [-0.2, 0) is 16.0 Å². The minimum atomic E-state index is -0.569. The van der Waals surface area contributed by atoms with E-state index >= 15 is 0 Å². The van der Waals surface area contributed by atoms with E-state index in [1.165, 1.54) is 6.07 Å². The van der Waals surface area contributed by atoms with E-state index in [9.17, 15) is 14.0 Å². The molecule has 39 heavy (non-hydrogen) atoms. The van der Waals surface area contributed by atoms with Crippen LogP contribution in [0.1, 0.15) is 26.3 Å². The first-order valence-electron chi connectivity index (χ1n) is 12.9. The summed E-state index contributed by atoms with van der Waals surface area (Å²) in [6.45, 7) is 9.86. The molecule has 0 radical (unpaired) electrons. The summed E-state index contributed by atoms with van der Waals surface area (Å²) < 4.78 is 26.9. The molecule has 1 amide bonds. The molecule has 11 heteroatoms. The third-order valence-corrected chi connectivity index (χ3v) is 8.48. The highest BCUT2D eigenvalue weighted by Gasteiger charge is 2.30. The van der Waals surface area contributed by atoms with E-state index in [0.29, 0.717) is 44.3 Å². The maximum Gasteiger partial charge on any atom is 0.410 e. The monoisotopic (exact) mass is 574 g/mol. The van der Waals surface area contributed by atoms with Crippen LogP contribution in [0.3, 0.4) is 0 Å². The van der Waals surface area contributed by atoms with Gasteiger partial charge >= 0.3 is 11.8 Å². The highest BCUT2D eigenvalue weighted by Crippen LogP contribution is 2.44. The number of aryl methyl sites for hydroxylation is 1. The number of carbonyl (C=O) groups is 1. The SMILES string of the molecule is CO[C@H]1CSc2c(-c3ccc(F)c(Cl)c3)c(C)cc3c(N4CCN(C(=O)OC(C)(C)C)CC4)nc(=O)n(c23)C1. The third kappa shape index (κ3) is 5.47. The Morgan fingerprint density at radius 1 is 1.18 bits per heavy atom. The first kappa shape index (κ1) is 27.7. The zero-order valence-electron chi connectivity index (χ0n) is 22.7. The van der Waals surface area contributed by atoms with Gasteiger partial charge in [-0.2, -0.15) is 4.98 Å². The van der Waals surface area contributed by atoms with Crippen LogP contribution < -0.4 is 10.6 Å². The fourth-order valence-electron chi connectivity index (χ4n) is 5.09. The van der Waals surface area contributed by atoms with Crippen molar-refractivity contribution >= 4 is 46.2 Å². The van der Waals surface area contributed by atoms with Gasteiger partial charge in [0.2, 0.25) is 0 Å². The van der Waals surface area contributed by atoms with E-state index in [0.717, 1.165) is 32.5 Å². The van der Waals surface area contributed by atoms with Crippen molar-refractivity contribution in [1.29, 1.82) is 0 Å². The Hall–Kier alpha value is -2.82. The Balaban J connectivity index is 1.61. The zero-order valence-corrected chi connectivity index (χ0v) is 24.3. The van der Waals surface area contributed by atoms with Gasteiger partial charge in [-0.1, -0.05) is 17.7 Å². The first-order valence-corrected chi connectivity index (χ1v) is 14.2. The number of hydrogen-bond acceptors (Lipinski definition) is 7. The molecule has 1 aromatic heterocycles. The smallest absolute Gasteiger partial charge is 0.410 e. The third-order valence-electron chi connectivity index (χ3n) is 6.97. The summed E-state index contributed by atoms with van der Waals surface area (Å²) in [6, 6.07) is 6.74.